The highest BCUT2D eigenvalue weighted by atomic mass is 16.5. The maximum Gasteiger partial charge on any atom is 0.237 e. The van der Waals surface area contributed by atoms with Crippen molar-refractivity contribution in [3.05, 3.63) is 29.8 Å². The molecule has 1 saturated carbocycles. The zero-order chi connectivity index (χ0) is 16.4. The van der Waals surface area contributed by atoms with Crippen molar-refractivity contribution in [3.8, 4) is 5.75 Å². The lowest BCUT2D eigenvalue weighted by atomic mass is 9.85. The standard InChI is InChI=1S/C19H28N2O2/c1-13(2)11-15(20)18(22)21-16-12-19(9-5-6-10-19)23-17-8-4-3-7-14(16)17/h3-4,7-8,13,15-16H,5-6,9-12,20H2,1-2H3,(H,21,22)/t15-,16?/m0/s1. The molecule has 0 radical (unpaired) electrons. The highest BCUT2D eigenvalue weighted by Crippen LogP contribution is 2.46. The zero-order valence-electron chi connectivity index (χ0n) is 14.2. The van der Waals surface area contributed by atoms with Crippen LogP contribution >= 0.6 is 0 Å². The molecule has 1 aliphatic carbocycles. The Morgan fingerprint density at radius 1 is 1.35 bits per heavy atom. The van der Waals surface area contributed by atoms with E-state index in [0.717, 1.165) is 30.6 Å². The van der Waals surface area contributed by atoms with Crippen LogP contribution in [0.3, 0.4) is 0 Å². The molecule has 0 saturated heterocycles. The average Bonchev–Trinajstić information content (AvgIpc) is 2.94. The first kappa shape index (κ1) is 16.3. The highest BCUT2D eigenvalue weighted by molar-refractivity contribution is 5.82. The number of nitrogens with one attached hydrogen (secondary N) is 1. The molecular formula is C19H28N2O2. The Bertz CT molecular complexity index is 564. The van der Waals surface area contributed by atoms with Crippen LogP contribution in [0.2, 0.25) is 0 Å². The van der Waals surface area contributed by atoms with Crippen LogP contribution < -0.4 is 15.8 Å². The van der Waals surface area contributed by atoms with Crippen LogP contribution in [0.4, 0.5) is 0 Å². The van der Waals surface area contributed by atoms with Gasteiger partial charge in [-0.15, -0.1) is 0 Å². The van der Waals surface area contributed by atoms with E-state index in [2.05, 4.69) is 25.2 Å². The molecule has 3 N–H and O–H groups in total. The molecule has 0 aromatic heterocycles. The smallest absolute Gasteiger partial charge is 0.237 e. The second-order valence-electron chi connectivity index (χ2n) is 7.53. The lowest BCUT2D eigenvalue weighted by Crippen LogP contribution is -2.47. The quantitative estimate of drug-likeness (QED) is 0.895. The van der Waals surface area contributed by atoms with Gasteiger partial charge < -0.3 is 15.8 Å². The van der Waals surface area contributed by atoms with Crippen molar-refractivity contribution in [2.24, 2.45) is 11.7 Å². The molecule has 1 heterocycles. The second kappa shape index (κ2) is 6.52. The summed E-state index contributed by atoms with van der Waals surface area (Å²) in [6, 6.07) is 7.63. The van der Waals surface area contributed by atoms with E-state index in [1.54, 1.807) is 0 Å². The van der Waals surface area contributed by atoms with Gasteiger partial charge in [-0.3, -0.25) is 4.79 Å². The lowest BCUT2D eigenvalue weighted by molar-refractivity contribution is -0.124. The van der Waals surface area contributed by atoms with E-state index >= 15 is 0 Å². The summed E-state index contributed by atoms with van der Waals surface area (Å²) >= 11 is 0. The van der Waals surface area contributed by atoms with Crippen LogP contribution in [-0.2, 0) is 4.79 Å². The third-order valence-corrected chi connectivity index (χ3v) is 5.09. The molecule has 1 aromatic carbocycles. The van der Waals surface area contributed by atoms with Gasteiger partial charge in [0.1, 0.15) is 11.4 Å². The van der Waals surface area contributed by atoms with Crippen molar-refractivity contribution in [3.63, 3.8) is 0 Å². The summed E-state index contributed by atoms with van der Waals surface area (Å²) in [5.74, 6) is 1.29. The normalized spacial score (nSPS) is 23.4. The summed E-state index contributed by atoms with van der Waals surface area (Å²) in [5.41, 5.74) is 7.03. The van der Waals surface area contributed by atoms with E-state index in [1.165, 1.54) is 12.8 Å². The first-order chi connectivity index (χ1) is 11.0. The molecule has 1 aliphatic heterocycles. The Morgan fingerprint density at radius 3 is 2.74 bits per heavy atom. The molecule has 4 heteroatoms. The van der Waals surface area contributed by atoms with Gasteiger partial charge in [0, 0.05) is 12.0 Å². The van der Waals surface area contributed by atoms with E-state index in [1.807, 2.05) is 18.2 Å². The number of rotatable bonds is 4. The third-order valence-electron chi connectivity index (χ3n) is 5.09. The van der Waals surface area contributed by atoms with Gasteiger partial charge in [-0.2, -0.15) is 0 Å². The van der Waals surface area contributed by atoms with E-state index in [4.69, 9.17) is 10.5 Å². The fourth-order valence-corrected chi connectivity index (χ4v) is 3.97. The number of para-hydroxylation sites is 1. The predicted molar refractivity (Wildman–Crippen MR) is 91.2 cm³/mol. The fourth-order valence-electron chi connectivity index (χ4n) is 3.97. The first-order valence-electron chi connectivity index (χ1n) is 8.83. The summed E-state index contributed by atoms with van der Waals surface area (Å²) in [7, 11) is 0. The van der Waals surface area contributed by atoms with Gasteiger partial charge in [0.05, 0.1) is 12.1 Å². The number of ether oxygens (including phenoxy) is 1. The number of hydrogen-bond donors (Lipinski definition) is 2. The number of hydrogen-bond acceptors (Lipinski definition) is 3. The van der Waals surface area contributed by atoms with Crippen molar-refractivity contribution in [1.82, 2.24) is 5.32 Å². The minimum Gasteiger partial charge on any atom is -0.487 e. The Kier molecular flexibility index (Phi) is 4.62. The molecule has 1 amide bonds. The number of carbonyl (C=O) groups excluding carboxylic acids is 1. The first-order valence-corrected chi connectivity index (χ1v) is 8.83. The van der Waals surface area contributed by atoms with Gasteiger partial charge in [-0.25, -0.2) is 0 Å². The topological polar surface area (TPSA) is 64.4 Å². The maximum atomic E-state index is 12.5. The van der Waals surface area contributed by atoms with Crippen LogP contribution in [0.1, 0.15) is 64.0 Å². The SMILES string of the molecule is CC(C)C[C@H](N)C(=O)NC1CC2(CCCC2)Oc2ccccc21. The van der Waals surface area contributed by atoms with Gasteiger partial charge >= 0.3 is 0 Å². The Balaban J connectivity index is 1.78. The second-order valence-corrected chi connectivity index (χ2v) is 7.53. The summed E-state index contributed by atoms with van der Waals surface area (Å²) in [6.45, 7) is 4.18. The number of carbonyl (C=O) groups is 1. The summed E-state index contributed by atoms with van der Waals surface area (Å²) in [5, 5.41) is 3.19. The predicted octanol–water partition coefficient (Wildman–Crippen LogP) is 3.31. The molecular weight excluding hydrogens is 288 g/mol. The zero-order valence-corrected chi connectivity index (χ0v) is 14.2. The van der Waals surface area contributed by atoms with Gasteiger partial charge in [0.15, 0.2) is 0 Å². The molecule has 126 valence electrons. The average molecular weight is 316 g/mol. The number of fused-ring (bicyclic) bond motifs is 1. The minimum atomic E-state index is -0.440. The van der Waals surface area contributed by atoms with Gasteiger partial charge in [-0.05, 0) is 44.1 Å². The molecule has 1 unspecified atom stereocenters. The summed E-state index contributed by atoms with van der Waals surface area (Å²) < 4.78 is 6.33. The van der Waals surface area contributed by atoms with E-state index in [0.29, 0.717) is 12.3 Å². The van der Waals surface area contributed by atoms with Crippen LogP contribution in [0.25, 0.3) is 0 Å². The lowest BCUT2D eigenvalue weighted by Gasteiger charge is -2.40. The van der Waals surface area contributed by atoms with Crippen molar-refractivity contribution < 1.29 is 9.53 Å². The summed E-state index contributed by atoms with van der Waals surface area (Å²) in [6.07, 6.45) is 6.12. The third kappa shape index (κ3) is 3.52. The van der Waals surface area contributed by atoms with Crippen LogP contribution in [0.15, 0.2) is 24.3 Å². The van der Waals surface area contributed by atoms with Crippen LogP contribution in [-0.4, -0.2) is 17.6 Å². The van der Waals surface area contributed by atoms with Gasteiger partial charge in [0.2, 0.25) is 5.91 Å². The number of benzene rings is 1. The fraction of sp³-hybridized carbons (Fsp3) is 0.632. The molecule has 2 atom stereocenters. The highest BCUT2D eigenvalue weighted by Gasteiger charge is 2.43. The molecule has 0 bridgehead atoms. The monoisotopic (exact) mass is 316 g/mol. The van der Waals surface area contributed by atoms with E-state index in [-0.39, 0.29) is 17.6 Å². The minimum absolute atomic E-state index is 0.00348. The number of nitrogens with two attached hydrogens (primary N) is 1. The Labute approximate surface area is 138 Å². The van der Waals surface area contributed by atoms with E-state index < -0.39 is 6.04 Å². The Morgan fingerprint density at radius 2 is 2.04 bits per heavy atom. The molecule has 1 spiro atoms. The largest absolute Gasteiger partial charge is 0.487 e. The van der Waals surface area contributed by atoms with Crippen LogP contribution in [0.5, 0.6) is 5.75 Å². The van der Waals surface area contributed by atoms with Gasteiger partial charge in [-0.1, -0.05) is 32.0 Å². The molecule has 1 aromatic rings. The number of amides is 1. The Hall–Kier alpha value is -1.55. The maximum absolute atomic E-state index is 12.5. The van der Waals surface area contributed by atoms with Crippen molar-refractivity contribution in [2.75, 3.05) is 0 Å². The molecule has 1 fully saturated rings. The summed E-state index contributed by atoms with van der Waals surface area (Å²) in [4.78, 5) is 12.5. The van der Waals surface area contributed by atoms with Crippen molar-refractivity contribution in [2.45, 2.75) is 70.1 Å². The van der Waals surface area contributed by atoms with Gasteiger partial charge in [0.25, 0.3) is 0 Å². The molecule has 2 aliphatic rings. The van der Waals surface area contributed by atoms with E-state index in [9.17, 15) is 4.79 Å². The van der Waals surface area contributed by atoms with Crippen LogP contribution in [0, 0.1) is 5.92 Å². The molecule has 3 rings (SSSR count). The van der Waals surface area contributed by atoms with Crippen molar-refractivity contribution in [1.29, 1.82) is 0 Å². The molecule has 4 nitrogen and oxygen atoms in total. The molecule has 23 heavy (non-hydrogen) atoms. The van der Waals surface area contributed by atoms with Crippen molar-refractivity contribution >= 4 is 5.91 Å².